The molecular weight excluding hydrogens is 180 g/mol. The molecule has 0 aliphatic heterocycles. The molecule has 13 heavy (non-hydrogen) atoms. The third kappa shape index (κ3) is 2.20. The first-order valence-electron chi connectivity index (χ1n) is 3.92. The Morgan fingerprint density at radius 3 is 3.23 bits per heavy atom. The van der Waals surface area contributed by atoms with Crippen LogP contribution in [0.25, 0.3) is 0 Å². The Labute approximate surface area is 80.9 Å². The Kier molecular flexibility index (Phi) is 2.44. The second kappa shape index (κ2) is 3.92. The molecule has 0 aliphatic carbocycles. The summed E-state index contributed by atoms with van der Waals surface area (Å²) in [5.74, 6) is 6.14. The lowest BCUT2D eigenvalue weighted by atomic mass is 10.3. The maximum Gasteiger partial charge on any atom is 0.0954 e. The molecule has 0 saturated heterocycles. The van der Waals surface area contributed by atoms with E-state index in [2.05, 4.69) is 16.8 Å². The molecule has 64 valence electrons. The molecule has 0 saturated carbocycles. The molecule has 0 fully saturated rings. The van der Waals surface area contributed by atoms with Gasteiger partial charge in [-0.25, -0.2) is 4.98 Å². The summed E-state index contributed by atoms with van der Waals surface area (Å²) in [7, 11) is 0. The van der Waals surface area contributed by atoms with Gasteiger partial charge in [-0.2, -0.15) is 11.3 Å². The monoisotopic (exact) mass is 188 g/mol. The van der Waals surface area contributed by atoms with E-state index in [0.29, 0.717) is 6.54 Å². The molecule has 0 amide bonds. The van der Waals surface area contributed by atoms with Gasteiger partial charge in [-0.05, 0) is 11.4 Å². The molecule has 0 aromatic carbocycles. The van der Waals surface area contributed by atoms with Crippen LogP contribution in [0, 0.1) is 11.8 Å². The highest BCUT2D eigenvalue weighted by Gasteiger charge is 1.85. The Hall–Kier alpha value is -1.53. The van der Waals surface area contributed by atoms with Crippen LogP contribution in [-0.2, 0) is 6.54 Å². The Balaban J connectivity index is 1.99. The van der Waals surface area contributed by atoms with E-state index in [1.165, 1.54) is 0 Å². The summed E-state index contributed by atoms with van der Waals surface area (Å²) in [5.41, 5.74) is 1.09. The summed E-state index contributed by atoms with van der Waals surface area (Å²) in [5, 5.41) is 4.07. The van der Waals surface area contributed by atoms with Crippen LogP contribution in [0.15, 0.2) is 35.5 Å². The zero-order valence-electron chi connectivity index (χ0n) is 6.97. The van der Waals surface area contributed by atoms with Gasteiger partial charge in [-0.15, -0.1) is 0 Å². The van der Waals surface area contributed by atoms with Crippen molar-refractivity contribution in [3.63, 3.8) is 0 Å². The van der Waals surface area contributed by atoms with Crippen molar-refractivity contribution in [1.29, 1.82) is 0 Å². The Bertz CT molecular complexity index is 403. The predicted octanol–water partition coefficient (Wildman–Crippen LogP) is 2.00. The minimum absolute atomic E-state index is 0.704. The highest BCUT2D eigenvalue weighted by atomic mass is 32.1. The van der Waals surface area contributed by atoms with E-state index >= 15 is 0 Å². The van der Waals surface area contributed by atoms with Gasteiger partial charge in [0.05, 0.1) is 12.9 Å². The van der Waals surface area contributed by atoms with E-state index < -0.39 is 0 Å². The van der Waals surface area contributed by atoms with Crippen molar-refractivity contribution in [2.45, 2.75) is 6.54 Å². The van der Waals surface area contributed by atoms with Crippen molar-refractivity contribution in [1.82, 2.24) is 9.55 Å². The topological polar surface area (TPSA) is 17.8 Å². The molecular formula is C10H8N2S. The molecule has 3 heteroatoms. The molecule has 2 aromatic rings. The van der Waals surface area contributed by atoms with Gasteiger partial charge in [0.25, 0.3) is 0 Å². The summed E-state index contributed by atoms with van der Waals surface area (Å²) in [6, 6.07) is 2.02. The SMILES string of the molecule is C(#Cc1ccsc1)Cn1ccnc1. The van der Waals surface area contributed by atoms with E-state index in [0.717, 1.165) is 5.56 Å². The minimum atomic E-state index is 0.704. The minimum Gasteiger partial charge on any atom is -0.326 e. The maximum absolute atomic E-state index is 3.94. The van der Waals surface area contributed by atoms with Crippen molar-refractivity contribution in [3.8, 4) is 11.8 Å². The van der Waals surface area contributed by atoms with E-state index in [-0.39, 0.29) is 0 Å². The van der Waals surface area contributed by atoms with Crippen molar-refractivity contribution >= 4 is 11.3 Å². The van der Waals surface area contributed by atoms with E-state index in [4.69, 9.17) is 0 Å². The fourth-order valence-electron chi connectivity index (χ4n) is 0.949. The molecule has 0 spiro atoms. The summed E-state index contributed by atoms with van der Waals surface area (Å²) < 4.78 is 1.94. The summed E-state index contributed by atoms with van der Waals surface area (Å²) >= 11 is 1.67. The lowest BCUT2D eigenvalue weighted by Gasteiger charge is -1.89. The standard InChI is InChI=1S/C10H8N2S/c1(2-10-3-7-13-8-10)5-12-6-4-11-9-12/h3-4,6-9H,5H2. The zero-order chi connectivity index (χ0) is 8.93. The number of aromatic nitrogens is 2. The molecule has 0 unspecified atom stereocenters. The van der Waals surface area contributed by atoms with Gasteiger partial charge in [-0.1, -0.05) is 11.8 Å². The Morgan fingerprint density at radius 1 is 1.54 bits per heavy atom. The number of rotatable bonds is 1. The lowest BCUT2D eigenvalue weighted by molar-refractivity contribution is 0.840. The molecule has 0 bridgehead atoms. The van der Waals surface area contributed by atoms with Crippen LogP contribution in [0.3, 0.4) is 0 Å². The number of thiophene rings is 1. The van der Waals surface area contributed by atoms with E-state index in [1.807, 2.05) is 27.6 Å². The molecule has 0 N–H and O–H groups in total. The number of hydrogen-bond acceptors (Lipinski definition) is 2. The average molecular weight is 188 g/mol. The highest BCUT2D eigenvalue weighted by Crippen LogP contribution is 2.02. The maximum atomic E-state index is 3.94. The summed E-state index contributed by atoms with van der Waals surface area (Å²) in [6.45, 7) is 0.704. The molecule has 0 atom stereocenters. The molecule has 0 aliphatic rings. The second-order valence-corrected chi connectivity index (χ2v) is 3.33. The smallest absolute Gasteiger partial charge is 0.0954 e. The van der Waals surface area contributed by atoms with Gasteiger partial charge in [0.2, 0.25) is 0 Å². The zero-order valence-corrected chi connectivity index (χ0v) is 7.79. The second-order valence-electron chi connectivity index (χ2n) is 2.55. The first kappa shape index (κ1) is 8.09. The van der Waals surface area contributed by atoms with Crippen molar-refractivity contribution in [2.75, 3.05) is 0 Å². The van der Waals surface area contributed by atoms with Gasteiger partial charge in [0.15, 0.2) is 0 Å². The van der Waals surface area contributed by atoms with Gasteiger partial charge in [0.1, 0.15) is 0 Å². The molecule has 2 nitrogen and oxygen atoms in total. The quantitative estimate of drug-likeness (QED) is 0.626. The van der Waals surface area contributed by atoms with Crippen LogP contribution in [0.5, 0.6) is 0 Å². The van der Waals surface area contributed by atoms with Crippen molar-refractivity contribution in [2.24, 2.45) is 0 Å². The van der Waals surface area contributed by atoms with Gasteiger partial charge < -0.3 is 4.57 Å². The van der Waals surface area contributed by atoms with Gasteiger partial charge in [-0.3, -0.25) is 0 Å². The Morgan fingerprint density at radius 2 is 2.54 bits per heavy atom. The van der Waals surface area contributed by atoms with Gasteiger partial charge in [0, 0.05) is 23.3 Å². The first-order chi connectivity index (χ1) is 6.45. The van der Waals surface area contributed by atoms with Crippen LogP contribution in [-0.4, -0.2) is 9.55 Å². The molecule has 2 aromatic heterocycles. The van der Waals surface area contributed by atoms with Crippen LogP contribution < -0.4 is 0 Å². The van der Waals surface area contributed by atoms with E-state index in [1.54, 1.807) is 23.9 Å². The lowest BCUT2D eigenvalue weighted by Crippen LogP contribution is -1.89. The van der Waals surface area contributed by atoms with E-state index in [9.17, 15) is 0 Å². The number of nitrogens with zero attached hydrogens (tertiary/aromatic N) is 2. The van der Waals surface area contributed by atoms with Crippen molar-refractivity contribution in [3.05, 3.63) is 41.1 Å². The highest BCUT2D eigenvalue weighted by molar-refractivity contribution is 7.08. The summed E-state index contributed by atoms with van der Waals surface area (Å²) in [6.07, 6.45) is 5.43. The number of hydrogen-bond donors (Lipinski definition) is 0. The van der Waals surface area contributed by atoms with Crippen LogP contribution >= 0.6 is 11.3 Å². The first-order valence-corrected chi connectivity index (χ1v) is 4.86. The fourth-order valence-corrected chi connectivity index (χ4v) is 1.54. The van der Waals surface area contributed by atoms with Crippen LogP contribution in [0.1, 0.15) is 5.56 Å². The largest absolute Gasteiger partial charge is 0.326 e. The van der Waals surface area contributed by atoms with Crippen molar-refractivity contribution < 1.29 is 0 Å². The molecule has 2 rings (SSSR count). The normalized spacial score (nSPS) is 9.23. The third-order valence-corrected chi connectivity index (χ3v) is 2.26. The average Bonchev–Trinajstić information content (AvgIpc) is 2.75. The number of imidazole rings is 1. The van der Waals surface area contributed by atoms with Crippen LogP contribution in [0.4, 0.5) is 0 Å². The molecule has 2 heterocycles. The fraction of sp³-hybridized carbons (Fsp3) is 0.100. The van der Waals surface area contributed by atoms with Crippen LogP contribution in [0.2, 0.25) is 0 Å². The third-order valence-electron chi connectivity index (χ3n) is 1.57. The molecule has 0 radical (unpaired) electrons. The van der Waals surface area contributed by atoms with Gasteiger partial charge >= 0.3 is 0 Å². The predicted molar refractivity (Wildman–Crippen MR) is 53.4 cm³/mol. The summed E-state index contributed by atoms with van der Waals surface area (Å²) in [4.78, 5) is 3.94.